The van der Waals surface area contributed by atoms with Gasteiger partial charge in [-0.3, -0.25) is 4.79 Å². The predicted octanol–water partition coefficient (Wildman–Crippen LogP) is 1.49. The third-order valence-corrected chi connectivity index (χ3v) is 5.34. The number of fused-ring (bicyclic) bond motifs is 3. The highest BCUT2D eigenvalue weighted by Gasteiger charge is 2.29. The number of hydrogen-bond acceptors (Lipinski definition) is 6. The van der Waals surface area contributed by atoms with Gasteiger partial charge >= 0.3 is 12.1 Å². The van der Waals surface area contributed by atoms with Crippen LogP contribution in [0.15, 0.2) is 48.5 Å². The Kier molecular flexibility index (Phi) is 7.80. The van der Waals surface area contributed by atoms with Crippen molar-refractivity contribution in [2.45, 2.75) is 24.5 Å². The molecule has 2 aromatic carbocycles. The van der Waals surface area contributed by atoms with Gasteiger partial charge in [-0.15, -0.1) is 0 Å². The number of carbonyl (C=O) groups is 3. The number of rotatable bonds is 10. The fourth-order valence-electron chi connectivity index (χ4n) is 3.66. The van der Waals surface area contributed by atoms with Crippen LogP contribution in [0.3, 0.4) is 0 Å². The quantitative estimate of drug-likeness (QED) is 0.438. The number of ether oxygens (including phenoxy) is 2. The summed E-state index contributed by atoms with van der Waals surface area (Å²) in [6.07, 6.45) is -3.07. The lowest BCUT2D eigenvalue weighted by Crippen LogP contribution is -2.40. The zero-order valence-corrected chi connectivity index (χ0v) is 17.6. The lowest BCUT2D eigenvalue weighted by atomic mass is 9.98. The normalized spacial score (nSPS) is 14.1. The minimum Gasteiger partial charge on any atom is -0.479 e. The first kappa shape index (κ1) is 23.2. The molecule has 4 N–H and O–H groups in total. The molecule has 0 saturated heterocycles. The van der Waals surface area contributed by atoms with E-state index < -0.39 is 36.7 Å². The van der Waals surface area contributed by atoms with E-state index in [9.17, 15) is 19.5 Å². The number of aliphatic carboxylic acids is 1. The van der Waals surface area contributed by atoms with Crippen LogP contribution in [0.2, 0.25) is 0 Å². The number of carbonyl (C=O) groups excluding carboxylic acids is 2. The van der Waals surface area contributed by atoms with Crippen LogP contribution in [0.1, 0.15) is 23.5 Å². The summed E-state index contributed by atoms with van der Waals surface area (Å²) in [6.45, 7) is -0.211. The third-order valence-electron chi connectivity index (χ3n) is 5.34. The fourth-order valence-corrected chi connectivity index (χ4v) is 3.66. The number of nitrogens with one attached hydrogen (secondary N) is 2. The Morgan fingerprint density at radius 3 is 2.12 bits per heavy atom. The third kappa shape index (κ3) is 5.63. The van der Waals surface area contributed by atoms with Crippen LogP contribution in [0.4, 0.5) is 4.79 Å². The molecule has 0 fully saturated rings. The molecule has 0 saturated carbocycles. The average Bonchev–Trinajstić information content (AvgIpc) is 3.12. The Bertz CT molecular complexity index is 933. The Morgan fingerprint density at radius 2 is 1.56 bits per heavy atom. The van der Waals surface area contributed by atoms with Gasteiger partial charge in [-0.25, -0.2) is 9.59 Å². The van der Waals surface area contributed by atoms with E-state index in [1.807, 2.05) is 36.4 Å². The van der Waals surface area contributed by atoms with Crippen LogP contribution < -0.4 is 10.6 Å². The largest absolute Gasteiger partial charge is 0.479 e. The predicted molar refractivity (Wildman–Crippen MR) is 115 cm³/mol. The van der Waals surface area contributed by atoms with Gasteiger partial charge in [0.05, 0.1) is 19.1 Å². The molecule has 170 valence electrons. The minimum absolute atomic E-state index is 0.0298. The van der Waals surface area contributed by atoms with Gasteiger partial charge in [0.15, 0.2) is 6.10 Å². The molecular weight excluding hydrogens is 416 g/mol. The highest BCUT2D eigenvalue weighted by Crippen LogP contribution is 2.44. The van der Waals surface area contributed by atoms with Gasteiger partial charge in [0.25, 0.3) is 0 Å². The summed E-state index contributed by atoms with van der Waals surface area (Å²) in [5.41, 5.74) is 4.49. The number of amides is 2. The van der Waals surface area contributed by atoms with E-state index in [-0.39, 0.29) is 25.5 Å². The molecule has 0 spiro atoms. The maximum atomic E-state index is 12.2. The summed E-state index contributed by atoms with van der Waals surface area (Å²) in [7, 11) is 1.39. The van der Waals surface area contributed by atoms with Gasteiger partial charge in [-0.05, 0) is 22.3 Å². The summed E-state index contributed by atoms with van der Waals surface area (Å²) < 4.78 is 10.6. The molecule has 2 atom stereocenters. The number of aliphatic hydroxyl groups excluding tert-OH is 1. The van der Waals surface area contributed by atoms with Gasteiger partial charge in [-0.1, -0.05) is 48.5 Å². The second-order valence-electron chi connectivity index (χ2n) is 7.43. The van der Waals surface area contributed by atoms with Crippen molar-refractivity contribution in [3.63, 3.8) is 0 Å². The Hall–Kier alpha value is -3.43. The molecule has 2 amide bonds. The van der Waals surface area contributed by atoms with Gasteiger partial charge in [0.1, 0.15) is 6.61 Å². The van der Waals surface area contributed by atoms with Crippen LogP contribution in [0.5, 0.6) is 0 Å². The maximum Gasteiger partial charge on any atom is 0.407 e. The van der Waals surface area contributed by atoms with E-state index >= 15 is 0 Å². The first-order valence-corrected chi connectivity index (χ1v) is 10.2. The molecular formula is C23H26N2O7. The van der Waals surface area contributed by atoms with Crippen molar-refractivity contribution in [1.29, 1.82) is 0 Å². The average molecular weight is 442 g/mol. The van der Waals surface area contributed by atoms with Crippen molar-refractivity contribution in [2.24, 2.45) is 0 Å². The molecule has 2 aromatic rings. The van der Waals surface area contributed by atoms with E-state index in [1.165, 1.54) is 7.11 Å². The highest BCUT2D eigenvalue weighted by atomic mass is 16.5. The van der Waals surface area contributed by atoms with Crippen molar-refractivity contribution >= 4 is 18.0 Å². The number of carboxylic acids is 1. The fraction of sp³-hybridized carbons (Fsp3) is 0.348. The van der Waals surface area contributed by atoms with Crippen molar-refractivity contribution < 1.29 is 34.1 Å². The second-order valence-corrected chi connectivity index (χ2v) is 7.43. The number of alkyl carbamates (subject to hydrolysis) is 1. The maximum absolute atomic E-state index is 12.2. The smallest absolute Gasteiger partial charge is 0.407 e. The van der Waals surface area contributed by atoms with Crippen LogP contribution in [-0.4, -0.2) is 67.2 Å². The van der Waals surface area contributed by atoms with Crippen LogP contribution in [0, 0.1) is 0 Å². The van der Waals surface area contributed by atoms with E-state index in [1.54, 1.807) is 0 Å². The van der Waals surface area contributed by atoms with Gasteiger partial charge in [-0.2, -0.15) is 0 Å². The van der Waals surface area contributed by atoms with E-state index in [0.717, 1.165) is 22.3 Å². The molecule has 0 aromatic heterocycles. The number of aliphatic hydroxyl groups is 1. The number of hydrogen-bond donors (Lipinski definition) is 4. The summed E-state index contributed by atoms with van der Waals surface area (Å²) in [5, 5.41) is 22.7. The molecule has 9 heteroatoms. The second kappa shape index (κ2) is 10.7. The van der Waals surface area contributed by atoms with E-state index in [2.05, 4.69) is 22.8 Å². The van der Waals surface area contributed by atoms with Gasteiger partial charge < -0.3 is 30.3 Å². The Labute approximate surface area is 185 Å². The monoisotopic (exact) mass is 442 g/mol. The van der Waals surface area contributed by atoms with Crippen LogP contribution >= 0.6 is 0 Å². The molecule has 9 nitrogen and oxygen atoms in total. The van der Waals surface area contributed by atoms with Crippen molar-refractivity contribution in [1.82, 2.24) is 10.6 Å². The summed E-state index contributed by atoms with van der Waals surface area (Å²) in [5.74, 6) is -1.99. The molecule has 1 aliphatic carbocycles. The van der Waals surface area contributed by atoms with E-state index in [0.29, 0.717) is 0 Å². The molecule has 2 unspecified atom stereocenters. The molecule has 0 heterocycles. The number of benzene rings is 2. The molecule has 1 aliphatic rings. The van der Waals surface area contributed by atoms with Gasteiger partial charge in [0, 0.05) is 19.6 Å². The molecule has 0 radical (unpaired) electrons. The molecule has 0 aliphatic heterocycles. The molecule has 3 rings (SSSR count). The Balaban J connectivity index is 1.48. The SMILES string of the molecule is COC(CNC(=O)OCC1c2ccccc2-c2ccccc21)CC(=O)NCC(O)C(=O)O. The van der Waals surface area contributed by atoms with Crippen LogP contribution in [0.25, 0.3) is 11.1 Å². The first-order valence-electron chi connectivity index (χ1n) is 10.2. The van der Waals surface area contributed by atoms with Crippen molar-refractivity contribution in [3.8, 4) is 11.1 Å². The number of carboxylic acid groups (broad SMARTS) is 1. The lowest BCUT2D eigenvalue weighted by Gasteiger charge is -2.18. The minimum atomic E-state index is -1.68. The van der Waals surface area contributed by atoms with Crippen molar-refractivity contribution in [3.05, 3.63) is 59.7 Å². The van der Waals surface area contributed by atoms with Crippen LogP contribution in [-0.2, 0) is 19.1 Å². The summed E-state index contributed by atoms with van der Waals surface area (Å²) >= 11 is 0. The van der Waals surface area contributed by atoms with Gasteiger partial charge in [0.2, 0.25) is 5.91 Å². The lowest BCUT2D eigenvalue weighted by molar-refractivity contribution is -0.146. The zero-order valence-electron chi connectivity index (χ0n) is 17.6. The summed E-state index contributed by atoms with van der Waals surface area (Å²) in [6, 6.07) is 16.0. The first-order chi connectivity index (χ1) is 15.4. The number of methoxy groups -OCH3 is 1. The highest BCUT2D eigenvalue weighted by molar-refractivity contribution is 5.79. The topological polar surface area (TPSA) is 134 Å². The summed E-state index contributed by atoms with van der Waals surface area (Å²) in [4.78, 5) is 34.7. The van der Waals surface area contributed by atoms with Crippen molar-refractivity contribution in [2.75, 3.05) is 26.8 Å². The molecule has 32 heavy (non-hydrogen) atoms. The standard InChI is InChI=1S/C23H26N2O7/c1-31-14(10-21(27)24-12-20(26)22(28)29)11-25-23(30)32-13-19-17-8-4-2-6-15(17)16-7-3-5-9-18(16)19/h2-9,14,19-20,26H,10-13H2,1H3,(H,24,27)(H,25,30)(H,28,29). The zero-order chi connectivity index (χ0) is 23.1. The molecule has 0 bridgehead atoms. The van der Waals surface area contributed by atoms with E-state index in [4.69, 9.17) is 14.6 Å². The Morgan fingerprint density at radius 1 is 0.969 bits per heavy atom.